The maximum atomic E-state index is 11.1. The van der Waals surface area contributed by atoms with E-state index in [2.05, 4.69) is 20.9 Å². The van der Waals surface area contributed by atoms with E-state index in [1.54, 1.807) is 19.2 Å². The highest BCUT2D eigenvalue weighted by molar-refractivity contribution is 9.10. The number of rotatable bonds is 4. The Hall–Kier alpha value is -0.940. The first-order chi connectivity index (χ1) is 7.13. The van der Waals surface area contributed by atoms with Gasteiger partial charge in [-0.2, -0.15) is 0 Å². The lowest BCUT2D eigenvalue weighted by atomic mass is 10.1. The zero-order chi connectivity index (χ0) is 11.3. The van der Waals surface area contributed by atoms with Crippen molar-refractivity contribution in [1.82, 2.24) is 4.98 Å². The number of hydrogen-bond donors (Lipinski definition) is 1. The zero-order valence-corrected chi connectivity index (χ0v) is 9.90. The molecule has 1 rings (SSSR count). The second-order valence-electron chi connectivity index (χ2n) is 2.96. The quantitative estimate of drug-likeness (QED) is 0.851. The summed E-state index contributed by atoms with van der Waals surface area (Å²) < 4.78 is 5.50. The Morgan fingerprint density at radius 3 is 3.00 bits per heavy atom. The van der Waals surface area contributed by atoms with Gasteiger partial charge in [0.05, 0.1) is 19.1 Å². The Labute approximate surface area is 96.4 Å². The molecular formula is C10H12BrNO3. The summed E-state index contributed by atoms with van der Waals surface area (Å²) in [5, 5.41) is 9.68. The molecule has 1 unspecified atom stereocenters. The van der Waals surface area contributed by atoms with E-state index in [1.165, 1.54) is 6.20 Å². The standard InChI is InChI=1S/C10H12BrNO3/c1-2-15-10(14)4-9(13)7-3-8(11)6-12-5-7/h3,5-6,9,13H,2,4H2,1H3. The van der Waals surface area contributed by atoms with Crippen molar-refractivity contribution in [3.05, 3.63) is 28.5 Å². The molecule has 5 heteroatoms. The highest BCUT2D eigenvalue weighted by atomic mass is 79.9. The molecule has 0 amide bonds. The van der Waals surface area contributed by atoms with Crippen molar-refractivity contribution in [3.8, 4) is 0 Å². The summed E-state index contributed by atoms with van der Waals surface area (Å²) in [6, 6.07) is 1.72. The molecule has 1 aromatic heterocycles. The molecule has 0 bridgehead atoms. The van der Waals surface area contributed by atoms with E-state index in [1.807, 2.05) is 0 Å². The van der Waals surface area contributed by atoms with E-state index in [4.69, 9.17) is 4.74 Å². The van der Waals surface area contributed by atoms with E-state index < -0.39 is 12.1 Å². The average molecular weight is 274 g/mol. The summed E-state index contributed by atoms with van der Waals surface area (Å²) in [6.45, 7) is 2.05. The maximum Gasteiger partial charge on any atom is 0.308 e. The highest BCUT2D eigenvalue weighted by Gasteiger charge is 2.14. The molecule has 0 radical (unpaired) electrons. The monoisotopic (exact) mass is 273 g/mol. The molecule has 0 aliphatic rings. The summed E-state index contributed by atoms with van der Waals surface area (Å²) in [5.74, 6) is -0.412. The number of carbonyl (C=O) groups excluding carboxylic acids is 1. The lowest BCUT2D eigenvalue weighted by Gasteiger charge is -2.09. The van der Waals surface area contributed by atoms with Crippen LogP contribution in [-0.2, 0) is 9.53 Å². The van der Waals surface area contributed by atoms with Gasteiger partial charge in [0.15, 0.2) is 0 Å². The molecule has 1 atom stereocenters. The van der Waals surface area contributed by atoms with Crippen molar-refractivity contribution in [2.24, 2.45) is 0 Å². The number of pyridine rings is 1. The number of ether oxygens (including phenoxy) is 1. The van der Waals surface area contributed by atoms with Gasteiger partial charge < -0.3 is 9.84 Å². The fraction of sp³-hybridized carbons (Fsp3) is 0.400. The minimum atomic E-state index is -0.867. The lowest BCUT2D eigenvalue weighted by molar-refractivity contribution is -0.145. The van der Waals surface area contributed by atoms with Crippen LogP contribution in [0.25, 0.3) is 0 Å². The molecule has 0 saturated heterocycles. The van der Waals surface area contributed by atoms with E-state index in [9.17, 15) is 9.90 Å². The van der Waals surface area contributed by atoms with Crippen LogP contribution >= 0.6 is 15.9 Å². The van der Waals surface area contributed by atoms with Crippen LogP contribution in [-0.4, -0.2) is 22.7 Å². The van der Waals surface area contributed by atoms with E-state index in [0.717, 1.165) is 4.47 Å². The van der Waals surface area contributed by atoms with Gasteiger partial charge in [-0.25, -0.2) is 0 Å². The molecule has 1 N–H and O–H groups in total. The highest BCUT2D eigenvalue weighted by Crippen LogP contribution is 2.19. The first kappa shape index (κ1) is 12.1. The third-order valence-electron chi connectivity index (χ3n) is 1.78. The number of aromatic nitrogens is 1. The smallest absolute Gasteiger partial charge is 0.308 e. The van der Waals surface area contributed by atoms with Crippen LogP contribution in [0.1, 0.15) is 25.0 Å². The molecule has 15 heavy (non-hydrogen) atoms. The third-order valence-corrected chi connectivity index (χ3v) is 2.21. The third kappa shape index (κ3) is 3.97. The van der Waals surface area contributed by atoms with Gasteiger partial charge in [-0.05, 0) is 28.9 Å². The second kappa shape index (κ2) is 5.82. The minimum Gasteiger partial charge on any atom is -0.466 e. The van der Waals surface area contributed by atoms with Crippen LogP contribution in [0.2, 0.25) is 0 Å². The van der Waals surface area contributed by atoms with Crippen LogP contribution < -0.4 is 0 Å². The van der Waals surface area contributed by atoms with Crippen LogP contribution in [0.4, 0.5) is 0 Å². The van der Waals surface area contributed by atoms with Crippen LogP contribution in [0.15, 0.2) is 22.9 Å². The molecule has 0 saturated carbocycles. The molecule has 1 heterocycles. The molecule has 0 aliphatic carbocycles. The summed E-state index contributed by atoms with van der Waals surface area (Å²) in [7, 11) is 0. The summed E-state index contributed by atoms with van der Waals surface area (Å²) in [4.78, 5) is 15.0. The Kier molecular flexibility index (Phi) is 4.71. The molecule has 1 aromatic rings. The summed E-state index contributed by atoms with van der Waals surface area (Å²) in [5.41, 5.74) is 0.595. The van der Waals surface area contributed by atoms with Crippen molar-refractivity contribution in [2.75, 3.05) is 6.61 Å². The number of esters is 1. The summed E-state index contributed by atoms with van der Waals surface area (Å²) in [6.07, 6.45) is 2.22. The van der Waals surface area contributed by atoms with Gasteiger partial charge in [-0.1, -0.05) is 0 Å². The fourth-order valence-electron chi connectivity index (χ4n) is 1.11. The average Bonchev–Trinajstić information content (AvgIpc) is 2.18. The Morgan fingerprint density at radius 2 is 2.40 bits per heavy atom. The van der Waals surface area contributed by atoms with Crippen molar-refractivity contribution in [2.45, 2.75) is 19.4 Å². The normalized spacial score (nSPS) is 12.2. The number of hydrogen-bond acceptors (Lipinski definition) is 4. The Morgan fingerprint density at radius 1 is 1.67 bits per heavy atom. The first-order valence-corrected chi connectivity index (χ1v) is 5.37. The first-order valence-electron chi connectivity index (χ1n) is 4.57. The van der Waals surface area contributed by atoms with Crippen LogP contribution in [0, 0.1) is 0 Å². The molecule has 4 nitrogen and oxygen atoms in total. The molecule has 0 fully saturated rings. The largest absolute Gasteiger partial charge is 0.466 e. The number of aliphatic hydroxyl groups excluding tert-OH is 1. The van der Waals surface area contributed by atoms with Crippen LogP contribution in [0.5, 0.6) is 0 Å². The zero-order valence-electron chi connectivity index (χ0n) is 8.31. The van der Waals surface area contributed by atoms with Crippen molar-refractivity contribution >= 4 is 21.9 Å². The molecular weight excluding hydrogens is 262 g/mol. The number of halogens is 1. The molecule has 0 aromatic carbocycles. The predicted octanol–water partition coefficient (Wildman–Crippen LogP) is 1.83. The molecule has 0 aliphatic heterocycles. The predicted molar refractivity (Wildman–Crippen MR) is 58.1 cm³/mol. The van der Waals surface area contributed by atoms with Gasteiger partial charge in [0.25, 0.3) is 0 Å². The maximum absolute atomic E-state index is 11.1. The molecule has 0 spiro atoms. The van der Waals surface area contributed by atoms with Crippen molar-refractivity contribution in [1.29, 1.82) is 0 Å². The van der Waals surface area contributed by atoms with Gasteiger partial charge in [0.2, 0.25) is 0 Å². The van der Waals surface area contributed by atoms with Crippen LogP contribution in [0.3, 0.4) is 0 Å². The minimum absolute atomic E-state index is 0.0496. The van der Waals surface area contributed by atoms with Gasteiger partial charge >= 0.3 is 5.97 Å². The topological polar surface area (TPSA) is 59.4 Å². The second-order valence-corrected chi connectivity index (χ2v) is 3.88. The summed E-state index contributed by atoms with van der Waals surface area (Å²) >= 11 is 3.24. The van der Waals surface area contributed by atoms with Gasteiger partial charge in [0.1, 0.15) is 0 Å². The van der Waals surface area contributed by atoms with E-state index in [-0.39, 0.29) is 6.42 Å². The van der Waals surface area contributed by atoms with Gasteiger partial charge in [-0.15, -0.1) is 0 Å². The van der Waals surface area contributed by atoms with Crippen molar-refractivity contribution < 1.29 is 14.6 Å². The number of aliphatic hydroxyl groups is 1. The number of carbonyl (C=O) groups is 1. The fourth-order valence-corrected chi connectivity index (χ4v) is 1.49. The van der Waals surface area contributed by atoms with Gasteiger partial charge in [-0.3, -0.25) is 9.78 Å². The van der Waals surface area contributed by atoms with E-state index in [0.29, 0.717) is 12.2 Å². The Balaban J connectivity index is 2.60. The molecule has 82 valence electrons. The lowest BCUT2D eigenvalue weighted by Crippen LogP contribution is -2.10. The van der Waals surface area contributed by atoms with E-state index >= 15 is 0 Å². The Bertz CT molecular complexity index is 343. The van der Waals surface area contributed by atoms with Gasteiger partial charge in [0, 0.05) is 22.4 Å². The van der Waals surface area contributed by atoms with Crippen molar-refractivity contribution in [3.63, 3.8) is 0 Å². The number of nitrogens with zero attached hydrogens (tertiary/aromatic N) is 1. The SMILES string of the molecule is CCOC(=O)CC(O)c1cncc(Br)c1.